The zero-order chi connectivity index (χ0) is 14.0. The largest absolute Gasteiger partial charge is 0.393 e. The van der Waals surface area contributed by atoms with E-state index >= 15 is 0 Å². The van der Waals surface area contributed by atoms with Gasteiger partial charge >= 0.3 is 0 Å². The Hall–Kier alpha value is -1.62. The molecule has 1 aliphatic heterocycles. The molecule has 0 spiro atoms. The Kier molecular flexibility index (Phi) is 4.04. The summed E-state index contributed by atoms with van der Waals surface area (Å²) < 4.78 is 0. The second-order valence-corrected chi connectivity index (χ2v) is 5.38. The van der Waals surface area contributed by atoms with Gasteiger partial charge in [-0.3, -0.25) is 4.79 Å². The van der Waals surface area contributed by atoms with Gasteiger partial charge in [0.1, 0.15) is 5.82 Å². The Morgan fingerprint density at radius 2 is 2.21 bits per heavy atom. The van der Waals surface area contributed by atoms with Gasteiger partial charge in [-0.1, -0.05) is 6.92 Å². The van der Waals surface area contributed by atoms with Crippen LogP contribution >= 0.6 is 0 Å². The summed E-state index contributed by atoms with van der Waals surface area (Å²) in [6.45, 7) is 3.65. The molecule has 1 aromatic heterocycles. The molecule has 1 saturated heterocycles. The minimum absolute atomic E-state index is 0.0403. The number of anilines is 1. The Balaban J connectivity index is 2.08. The van der Waals surface area contributed by atoms with Crippen LogP contribution in [0.3, 0.4) is 0 Å². The van der Waals surface area contributed by atoms with Crippen LogP contribution in [0.1, 0.15) is 23.7 Å². The molecule has 0 radical (unpaired) electrons. The number of amides is 1. The third kappa shape index (κ3) is 3.04. The quantitative estimate of drug-likeness (QED) is 0.864. The fourth-order valence-corrected chi connectivity index (χ4v) is 2.30. The van der Waals surface area contributed by atoms with Gasteiger partial charge in [-0.15, -0.1) is 0 Å². The molecule has 2 heterocycles. The minimum atomic E-state index is -0.217. The van der Waals surface area contributed by atoms with Crippen LogP contribution in [0.15, 0.2) is 18.3 Å². The van der Waals surface area contributed by atoms with Gasteiger partial charge in [-0.25, -0.2) is 4.98 Å². The number of aromatic nitrogens is 1. The molecule has 1 aliphatic rings. The van der Waals surface area contributed by atoms with E-state index in [9.17, 15) is 9.90 Å². The zero-order valence-electron chi connectivity index (χ0n) is 11.7. The van der Waals surface area contributed by atoms with Crippen LogP contribution in [0.2, 0.25) is 0 Å². The summed E-state index contributed by atoms with van der Waals surface area (Å²) in [6.07, 6.45) is 2.17. The van der Waals surface area contributed by atoms with E-state index in [-0.39, 0.29) is 17.9 Å². The number of rotatable bonds is 2. The number of carbonyl (C=O) groups is 1. The van der Waals surface area contributed by atoms with E-state index in [0.717, 1.165) is 25.3 Å². The molecule has 2 unspecified atom stereocenters. The summed E-state index contributed by atoms with van der Waals surface area (Å²) in [5, 5.41) is 9.72. The first kappa shape index (κ1) is 13.8. The number of hydrogen-bond acceptors (Lipinski definition) is 4. The van der Waals surface area contributed by atoms with Gasteiger partial charge in [0.2, 0.25) is 0 Å². The molecule has 104 valence electrons. The van der Waals surface area contributed by atoms with Crippen molar-refractivity contribution in [1.82, 2.24) is 9.88 Å². The Labute approximate surface area is 113 Å². The van der Waals surface area contributed by atoms with Crippen molar-refractivity contribution in [3.05, 3.63) is 23.9 Å². The summed E-state index contributed by atoms with van der Waals surface area (Å²) in [5.74, 6) is 1.08. The van der Waals surface area contributed by atoms with Crippen molar-refractivity contribution >= 4 is 11.7 Å². The highest BCUT2D eigenvalue weighted by atomic mass is 16.3. The van der Waals surface area contributed by atoms with Crippen molar-refractivity contribution in [2.75, 3.05) is 32.1 Å². The number of carbonyl (C=O) groups excluding carboxylic acids is 1. The van der Waals surface area contributed by atoms with Crippen molar-refractivity contribution < 1.29 is 9.90 Å². The number of nitrogens with zero attached hydrogens (tertiary/aromatic N) is 3. The molecular formula is C14H21N3O2. The predicted octanol–water partition coefficient (Wildman–Crippen LogP) is 0.990. The summed E-state index contributed by atoms with van der Waals surface area (Å²) in [4.78, 5) is 19.8. The van der Waals surface area contributed by atoms with Crippen LogP contribution in [-0.2, 0) is 0 Å². The molecule has 1 amide bonds. The highest BCUT2D eigenvalue weighted by molar-refractivity contribution is 5.93. The number of piperidine rings is 1. The molecule has 1 N–H and O–H groups in total. The van der Waals surface area contributed by atoms with Crippen molar-refractivity contribution in [3.63, 3.8) is 0 Å². The average Bonchev–Trinajstić information content (AvgIpc) is 2.41. The Morgan fingerprint density at radius 3 is 2.74 bits per heavy atom. The fraction of sp³-hybridized carbons (Fsp3) is 0.571. The van der Waals surface area contributed by atoms with Crippen LogP contribution in [0.25, 0.3) is 0 Å². The lowest BCUT2D eigenvalue weighted by molar-refractivity contribution is 0.0827. The Bertz CT molecular complexity index is 445. The van der Waals surface area contributed by atoms with Crippen molar-refractivity contribution in [1.29, 1.82) is 0 Å². The number of aliphatic hydroxyl groups excluding tert-OH is 1. The van der Waals surface area contributed by atoms with E-state index in [1.165, 1.54) is 4.90 Å². The Morgan fingerprint density at radius 1 is 1.47 bits per heavy atom. The summed E-state index contributed by atoms with van der Waals surface area (Å²) in [6, 6.07) is 3.68. The van der Waals surface area contributed by atoms with Gasteiger partial charge in [0.25, 0.3) is 5.91 Å². The second-order valence-electron chi connectivity index (χ2n) is 5.38. The highest BCUT2D eigenvalue weighted by Gasteiger charge is 2.24. The minimum Gasteiger partial charge on any atom is -0.393 e. The third-order valence-corrected chi connectivity index (χ3v) is 3.58. The molecule has 2 atom stereocenters. The summed E-state index contributed by atoms with van der Waals surface area (Å²) in [5.41, 5.74) is 0.596. The van der Waals surface area contributed by atoms with Gasteiger partial charge in [0.15, 0.2) is 0 Å². The van der Waals surface area contributed by atoms with Crippen LogP contribution in [-0.4, -0.2) is 54.2 Å². The van der Waals surface area contributed by atoms with Crippen LogP contribution in [0.5, 0.6) is 0 Å². The van der Waals surface area contributed by atoms with Crippen molar-refractivity contribution in [2.45, 2.75) is 19.4 Å². The maximum absolute atomic E-state index is 11.8. The van der Waals surface area contributed by atoms with Gasteiger partial charge in [-0.05, 0) is 24.5 Å². The van der Waals surface area contributed by atoms with Crippen molar-refractivity contribution in [2.24, 2.45) is 5.92 Å². The van der Waals surface area contributed by atoms with Gasteiger partial charge in [0, 0.05) is 33.4 Å². The molecular weight excluding hydrogens is 242 g/mol. The molecule has 1 aromatic rings. The van der Waals surface area contributed by atoms with E-state index in [0.29, 0.717) is 5.56 Å². The average molecular weight is 263 g/mol. The first-order valence-corrected chi connectivity index (χ1v) is 6.59. The molecule has 1 fully saturated rings. The van der Waals surface area contributed by atoms with E-state index in [2.05, 4.69) is 9.88 Å². The summed E-state index contributed by atoms with van der Waals surface area (Å²) in [7, 11) is 3.45. The van der Waals surface area contributed by atoms with E-state index in [1.54, 1.807) is 26.4 Å². The monoisotopic (exact) mass is 263 g/mol. The lowest BCUT2D eigenvalue weighted by Crippen LogP contribution is -2.42. The van der Waals surface area contributed by atoms with E-state index < -0.39 is 0 Å². The SMILES string of the molecule is CC1CN(c2ccc(C(=O)N(C)C)cn2)CCC1O. The lowest BCUT2D eigenvalue weighted by atomic mass is 9.97. The predicted molar refractivity (Wildman–Crippen MR) is 74.3 cm³/mol. The van der Waals surface area contributed by atoms with Crippen LogP contribution in [0, 0.1) is 5.92 Å². The van der Waals surface area contributed by atoms with Crippen LogP contribution < -0.4 is 4.90 Å². The highest BCUT2D eigenvalue weighted by Crippen LogP contribution is 2.21. The van der Waals surface area contributed by atoms with Gasteiger partial charge in [0.05, 0.1) is 11.7 Å². The molecule has 0 aliphatic carbocycles. The molecule has 19 heavy (non-hydrogen) atoms. The number of aliphatic hydroxyl groups is 1. The first-order chi connectivity index (χ1) is 8.99. The lowest BCUT2D eigenvalue weighted by Gasteiger charge is -2.35. The first-order valence-electron chi connectivity index (χ1n) is 6.59. The van der Waals surface area contributed by atoms with Crippen LogP contribution in [0.4, 0.5) is 5.82 Å². The molecule has 2 rings (SSSR count). The second kappa shape index (κ2) is 5.57. The van der Waals surface area contributed by atoms with Crippen molar-refractivity contribution in [3.8, 4) is 0 Å². The molecule has 5 heteroatoms. The van der Waals surface area contributed by atoms with Gasteiger partial charge in [-0.2, -0.15) is 0 Å². The van der Waals surface area contributed by atoms with E-state index in [4.69, 9.17) is 0 Å². The maximum atomic E-state index is 11.8. The standard InChI is InChI=1S/C14H21N3O2/c1-10-9-17(7-6-12(10)18)13-5-4-11(8-15-13)14(19)16(2)3/h4-5,8,10,12,18H,6-7,9H2,1-3H3. The normalized spacial score (nSPS) is 23.3. The topological polar surface area (TPSA) is 56.7 Å². The smallest absolute Gasteiger partial charge is 0.254 e. The van der Waals surface area contributed by atoms with Gasteiger partial charge < -0.3 is 14.9 Å². The number of hydrogen-bond donors (Lipinski definition) is 1. The molecule has 0 saturated carbocycles. The molecule has 0 aromatic carbocycles. The van der Waals surface area contributed by atoms with E-state index in [1.807, 2.05) is 13.0 Å². The maximum Gasteiger partial charge on any atom is 0.254 e. The molecule has 5 nitrogen and oxygen atoms in total. The third-order valence-electron chi connectivity index (χ3n) is 3.58. The fourth-order valence-electron chi connectivity index (χ4n) is 2.30. The number of pyridine rings is 1. The zero-order valence-corrected chi connectivity index (χ0v) is 11.7. The molecule has 0 bridgehead atoms. The summed E-state index contributed by atoms with van der Waals surface area (Å²) >= 11 is 0.